The molecule has 3 rings (SSSR count). The van der Waals surface area contributed by atoms with Crippen molar-refractivity contribution in [2.24, 2.45) is 0 Å². The van der Waals surface area contributed by atoms with Crippen LogP contribution in [0.1, 0.15) is 11.1 Å². The number of nitrogens with zero attached hydrogens (tertiary/aromatic N) is 3. The maximum absolute atomic E-state index is 12.4. The predicted molar refractivity (Wildman–Crippen MR) is 108 cm³/mol. The smallest absolute Gasteiger partial charge is 0.334 e. The van der Waals surface area contributed by atoms with E-state index in [2.05, 4.69) is 25.5 Å². The molecule has 3 aromatic rings. The minimum atomic E-state index is -3.96. The first kappa shape index (κ1) is 20.2. The molecule has 150 valence electrons. The molecule has 11 heteroatoms. The third-order valence-electron chi connectivity index (χ3n) is 4.04. The van der Waals surface area contributed by atoms with E-state index in [9.17, 15) is 18.5 Å². The van der Waals surface area contributed by atoms with Crippen molar-refractivity contribution in [1.29, 1.82) is 0 Å². The highest BCUT2D eigenvalue weighted by Crippen LogP contribution is 2.31. The number of para-hydroxylation sites is 1. The zero-order chi connectivity index (χ0) is 21.0. The third-order valence-corrected chi connectivity index (χ3v) is 5.30. The largest absolute Gasteiger partial charge is 0.354 e. The molecule has 2 aromatic carbocycles. The van der Waals surface area contributed by atoms with Gasteiger partial charge in [-0.25, -0.2) is 18.4 Å². The van der Waals surface area contributed by atoms with Crippen LogP contribution < -0.4 is 15.6 Å². The van der Waals surface area contributed by atoms with Gasteiger partial charge in [0.05, 0.1) is 9.82 Å². The van der Waals surface area contributed by atoms with Crippen LogP contribution in [0.15, 0.2) is 59.8 Å². The van der Waals surface area contributed by atoms with Gasteiger partial charge in [0.2, 0.25) is 11.6 Å². The lowest BCUT2D eigenvalue weighted by Crippen LogP contribution is -2.30. The van der Waals surface area contributed by atoms with Crippen LogP contribution in [0, 0.1) is 24.0 Å². The van der Waals surface area contributed by atoms with Gasteiger partial charge in [-0.3, -0.25) is 15.5 Å². The molecular formula is C18H18N6O4S. The minimum absolute atomic E-state index is 0.00516. The fourth-order valence-electron chi connectivity index (χ4n) is 2.47. The summed E-state index contributed by atoms with van der Waals surface area (Å²) in [5.41, 5.74) is 4.20. The average Bonchev–Trinajstić information content (AvgIpc) is 2.68. The maximum atomic E-state index is 12.4. The Kier molecular flexibility index (Phi) is 5.71. The molecule has 0 aliphatic rings. The van der Waals surface area contributed by atoms with Crippen molar-refractivity contribution in [3.8, 4) is 0 Å². The van der Waals surface area contributed by atoms with E-state index in [-0.39, 0.29) is 16.5 Å². The molecule has 0 spiro atoms. The highest BCUT2D eigenvalue weighted by molar-refractivity contribution is 7.89. The van der Waals surface area contributed by atoms with E-state index in [1.54, 1.807) is 24.3 Å². The van der Waals surface area contributed by atoms with Gasteiger partial charge in [0.25, 0.3) is 10.0 Å². The second-order valence-electron chi connectivity index (χ2n) is 6.16. The molecule has 1 aromatic heterocycles. The van der Waals surface area contributed by atoms with Gasteiger partial charge < -0.3 is 5.32 Å². The quantitative estimate of drug-likeness (QED) is 0.396. The van der Waals surface area contributed by atoms with Crippen LogP contribution in [-0.2, 0) is 10.0 Å². The zero-order valence-electron chi connectivity index (χ0n) is 15.6. The molecule has 0 saturated heterocycles. The number of rotatable bonds is 7. The summed E-state index contributed by atoms with van der Waals surface area (Å²) >= 11 is 0. The molecule has 0 fully saturated rings. The highest BCUT2D eigenvalue weighted by atomic mass is 32.2. The van der Waals surface area contributed by atoms with Gasteiger partial charge in [-0.15, -0.1) is 4.83 Å². The van der Waals surface area contributed by atoms with Crippen LogP contribution in [0.2, 0.25) is 0 Å². The molecule has 0 aliphatic heterocycles. The molecule has 0 unspecified atom stereocenters. The van der Waals surface area contributed by atoms with Crippen molar-refractivity contribution in [2.75, 3.05) is 10.7 Å². The lowest BCUT2D eigenvalue weighted by atomic mass is 10.2. The average molecular weight is 414 g/mol. The van der Waals surface area contributed by atoms with Gasteiger partial charge in [0, 0.05) is 5.69 Å². The second kappa shape index (κ2) is 8.20. The molecule has 0 atom stereocenters. The Bertz CT molecular complexity index is 1150. The van der Waals surface area contributed by atoms with E-state index < -0.39 is 20.6 Å². The summed E-state index contributed by atoms with van der Waals surface area (Å²) in [5, 5.41) is 14.5. The lowest BCUT2D eigenvalue weighted by Gasteiger charge is -2.12. The Labute approximate surface area is 167 Å². The van der Waals surface area contributed by atoms with E-state index in [1.165, 1.54) is 12.1 Å². The number of aryl methyl sites for hydroxylation is 2. The SMILES string of the molecule is Cc1ccc(S(=O)(=O)NNc2ncnc(Nc3ccccc3C)c2[N+](=O)[O-])cc1. The number of nitrogens with one attached hydrogen (secondary N) is 3. The summed E-state index contributed by atoms with van der Waals surface area (Å²) in [4.78, 5) is 20.8. The summed E-state index contributed by atoms with van der Waals surface area (Å²) in [7, 11) is -3.96. The third kappa shape index (κ3) is 4.65. The molecule has 0 saturated carbocycles. The minimum Gasteiger partial charge on any atom is -0.334 e. The van der Waals surface area contributed by atoms with E-state index in [4.69, 9.17) is 0 Å². The topological polar surface area (TPSA) is 139 Å². The number of benzene rings is 2. The van der Waals surface area contributed by atoms with Crippen molar-refractivity contribution < 1.29 is 13.3 Å². The summed E-state index contributed by atoms with van der Waals surface area (Å²) in [6, 6.07) is 13.3. The molecule has 1 heterocycles. The van der Waals surface area contributed by atoms with Gasteiger partial charge in [0.1, 0.15) is 6.33 Å². The van der Waals surface area contributed by atoms with Gasteiger partial charge >= 0.3 is 5.69 Å². The first-order valence-electron chi connectivity index (χ1n) is 8.44. The van der Waals surface area contributed by atoms with E-state index in [0.717, 1.165) is 17.5 Å². The first-order valence-corrected chi connectivity index (χ1v) is 9.93. The van der Waals surface area contributed by atoms with Crippen molar-refractivity contribution in [1.82, 2.24) is 14.8 Å². The maximum Gasteiger partial charge on any atom is 0.354 e. The standard InChI is InChI=1S/C18H18N6O4S/c1-12-7-9-14(10-8-12)29(27,28)23-22-18-16(24(25)26)17(19-11-20-18)21-15-6-4-3-5-13(15)2/h3-11,23H,1-2H3,(H2,19,20,21,22). The molecule has 3 N–H and O–H groups in total. The van der Waals surface area contributed by atoms with Gasteiger partial charge in [0.15, 0.2) is 0 Å². The monoisotopic (exact) mass is 414 g/mol. The van der Waals surface area contributed by atoms with Gasteiger partial charge in [-0.2, -0.15) is 0 Å². The molecule has 0 aliphatic carbocycles. The Morgan fingerprint density at radius 3 is 2.28 bits per heavy atom. The number of sulfonamides is 1. The number of hydrogen-bond donors (Lipinski definition) is 3. The van der Waals surface area contributed by atoms with Crippen LogP contribution in [-0.4, -0.2) is 23.3 Å². The number of hydrogen-bond acceptors (Lipinski definition) is 8. The summed E-state index contributed by atoms with van der Waals surface area (Å²) in [6.45, 7) is 3.67. The van der Waals surface area contributed by atoms with Gasteiger partial charge in [-0.05, 0) is 37.6 Å². The fraction of sp³-hybridized carbons (Fsp3) is 0.111. The van der Waals surface area contributed by atoms with E-state index in [0.29, 0.717) is 5.69 Å². The number of aromatic nitrogens is 2. The summed E-state index contributed by atoms with van der Waals surface area (Å²) in [6.07, 6.45) is 1.09. The van der Waals surface area contributed by atoms with Crippen LogP contribution in [0.5, 0.6) is 0 Å². The Morgan fingerprint density at radius 2 is 1.62 bits per heavy atom. The predicted octanol–water partition coefficient (Wildman–Crippen LogP) is 3.05. The summed E-state index contributed by atoms with van der Waals surface area (Å²) < 4.78 is 24.8. The Hall–Kier alpha value is -3.57. The molecular weight excluding hydrogens is 396 g/mol. The van der Waals surface area contributed by atoms with Crippen molar-refractivity contribution in [3.05, 3.63) is 76.1 Å². The van der Waals surface area contributed by atoms with Gasteiger partial charge in [-0.1, -0.05) is 35.9 Å². The van der Waals surface area contributed by atoms with Crippen molar-refractivity contribution in [3.63, 3.8) is 0 Å². The fourth-order valence-corrected chi connectivity index (χ4v) is 3.31. The zero-order valence-corrected chi connectivity index (χ0v) is 16.4. The molecule has 0 radical (unpaired) electrons. The molecule has 0 amide bonds. The highest BCUT2D eigenvalue weighted by Gasteiger charge is 2.25. The normalized spacial score (nSPS) is 11.1. The Balaban J connectivity index is 1.89. The molecule has 29 heavy (non-hydrogen) atoms. The number of anilines is 3. The van der Waals surface area contributed by atoms with Crippen LogP contribution in [0.4, 0.5) is 23.0 Å². The van der Waals surface area contributed by atoms with Crippen LogP contribution in [0.3, 0.4) is 0 Å². The second-order valence-corrected chi connectivity index (χ2v) is 7.84. The van der Waals surface area contributed by atoms with Crippen LogP contribution >= 0.6 is 0 Å². The number of hydrazine groups is 1. The number of nitro groups is 1. The van der Waals surface area contributed by atoms with E-state index in [1.807, 2.05) is 26.0 Å². The lowest BCUT2D eigenvalue weighted by molar-refractivity contribution is -0.383. The van der Waals surface area contributed by atoms with E-state index >= 15 is 0 Å². The molecule has 10 nitrogen and oxygen atoms in total. The van der Waals surface area contributed by atoms with Crippen molar-refractivity contribution >= 4 is 33.0 Å². The van der Waals surface area contributed by atoms with Crippen LogP contribution in [0.25, 0.3) is 0 Å². The molecule has 0 bridgehead atoms. The Morgan fingerprint density at radius 1 is 0.966 bits per heavy atom. The summed E-state index contributed by atoms with van der Waals surface area (Å²) in [5.74, 6) is -0.367. The first-order chi connectivity index (χ1) is 13.8. The van der Waals surface area contributed by atoms with Crippen molar-refractivity contribution in [2.45, 2.75) is 18.7 Å².